The molecule has 0 radical (unpaired) electrons. The van der Waals surface area contributed by atoms with Crippen LogP contribution >= 0.6 is 0 Å². The fourth-order valence-electron chi connectivity index (χ4n) is 4.07. The van der Waals surface area contributed by atoms with Gasteiger partial charge in [-0.15, -0.1) is 0 Å². The standard InChI is InChI=1S/C28H28N4O4/c1-18(33)30-15-14-29-17-19-8-11-22(12-9-19)31-26(20-6-4-3-5-7-20)25-23-13-10-21(28(35)36-2)16-24(23)32-27(25)34/h3-13,16,25,29H,14-15,17H2,1-2H3,(H,30,33)(H,32,34). The quantitative estimate of drug-likeness (QED) is 0.245. The molecule has 3 N–H and O–H groups in total. The molecule has 4 rings (SSSR count). The summed E-state index contributed by atoms with van der Waals surface area (Å²) in [6.45, 7) is 3.40. The number of esters is 1. The third kappa shape index (κ3) is 5.84. The molecule has 1 aliphatic heterocycles. The van der Waals surface area contributed by atoms with E-state index in [4.69, 9.17) is 9.73 Å². The topological polar surface area (TPSA) is 109 Å². The van der Waals surface area contributed by atoms with E-state index >= 15 is 0 Å². The van der Waals surface area contributed by atoms with Gasteiger partial charge in [0.15, 0.2) is 0 Å². The first-order valence-corrected chi connectivity index (χ1v) is 11.7. The number of hydrogen-bond donors (Lipinski definition) is 3. The van der Waals surface area contributed by atoms with Gasteiger partial charge in [0, 0.05) is 32.2 Å². The van der Waals surface area contributed by atoms with Crippen molar-refractivity contribution in [3.63, 3.8) is 0 Å². The van der Waals surface area contributed by atoms with Gasteiger partial charge in [-0.3, -0.25) is 14.6 Å². The highest BCUT2D eigenvalue weighted by molar-refractivity contribution is 6.24. The Morgan fingerprint density at radius 3 is 2.42 bits per heavy atom. The zero-order chi connectivity index (χ0) is 25.5. The van der Waals surface area contributed by atoms with Crippen molar-refractivity contribution >= 4 is 34.9 Å². The molecule has 0 bridgehead atoms. The summed E-state index contributed by atoms with van der Waals surface area (Å²) >= 11 is 0. The Morgan fingerprint density at radius 1 is 0.972 bits per heavy atom. The lowest BCUT2D eigenvalue weighted by molar-refractivity contribution is -0.119. The van der Waals surface area contributed by atoms with Gasteiger partial charge in [0.05, 0.1) is 24.1 Å². The van der Waals surface area contributed by atoms with Crippen LogP contribution in [-0.2, 0) is 20.9 Å². The Hall–Kier alpha value is -4.30. The second-order valence-electron chi connectivity index (χ2n) is 8.41. The van der Waals surface area contributed by atoms with Crippen LogP contribution < -0.4 is 16.0 Å². The van der Waals surface area contributed by atoms with Crippen LogP contribution in [0.2, 0.25) is 0 Å². The number of anilines is 1. The summed E-state index contributed by atoms with van der Waals surface area (Å²) in [5.41, 5.74) is 4.98. The Morgan fingerprint density at radius 2 is 1.72 bits per heavy atom. The molecular weight excluding hydrogens is 456 g/mol. The average molecular weight is 485 g/mol. The molecule has 0 aromatic heterocycles. The highest BCUT2D eigenvalue weighted by atomic mass is 16.5. The van der Waals surface area contributed by atoms with E-state index in [-0.39, 0.29) is 11.8 Å². The number of methoxy groups -OCH3 is 1. The number of carbonyl (C=O) groups excluding carboxylic acids is 3. The predicted molar refractivity (Wildman–Crippen MR) is 139 cm³/mol. The summed E-state index contributed by atoms with van der Waals surface area (Å²) in [6, 6.07) is 22.5. The Bertz CT molecular complexity index is 1290. The van der Waals surface area contributed by atoms with Gasteiger partial charge in [0.1, 0.15) is 5.92 Å². The van der Waals surface area contributed by atoms with Crippen molar-refractivity contribution in [3.8, 4) is 0 Å². The lowest BCUT2D eigenvalue weighted by atomic mass is 9.90. The number of ether oxygens (including phenoxy) is 1. The van der Waals surface area contributed by atoms with Gasteiger partial charge in [-0.05, 0) is 41.0 Å². The summed E-state index contributed by atoms with van der Waals surface area (Å²) in [5.74, 6) is -1.33. The summed E-state index contributed by atoms with van der Waals surface area (Å²) in [4.78, 5) is 40.9. The smallest absolute Gasteiger partial charge is 0.337 e. The van der Waals surface area contributed by atoms with Crippen LogP contribution in [0.25, 0.3) is 0 Å². The lowest BCUT2D eigenvalue weighted by Crippen LogP contribution is -2.29. The monoisotopic (exact) mass is 484 g/mol. The molecular formula is C28H28N4O4. The zero-order valence-corrected chi connectivity index (χ0v) is 20.2. The van der Waals surface area contributed by atoms with Crippen LogP contribution in [0.15, 0.2) is 77.8 Å². The first-order chi connectivity index (χ1) is 17.5. The van der Waals surface area contributed by atoms with Crippen molar-refractivity contribution in [1.29, 1.82) is 0 Å². The lowest BCUT2D eigenvalue weighted by Gasteiger charge is -2.14. The number of fused-ring (bicyclic) bond motifs is 1. The number of rotatable bonds is 9. The van der Waals surface area contributed by atoms with Gasteiger partial charge in [0.2, 0.25) is 11.8 Å². The minimum Gasteiger partial charge on any atom is -0.465 e. The SMILES string of the molecule is COC(=O)c1ccc2c(c1)NC(=O)C2C(=Nc1ccc(CNCCNC(C)=O)cc1)c1ccccc1. The van der Waals surface area contributed by atoms with Crippen LogP contribution in [0.1, 0.15) is 39.9 Å². The van der Waals surface area contributed by atoms with E-state index in [0.717, 1.165) is 22.4 Å². The molecule has 0 saturated heterocycles. The second kappa shape index (κ2) is 11.4. The number of carbonyl (C=O) groups is 3. The molecule has 1 heterocycles. The third-order valence-corrected chi connectivity index (χ3v) is 5.84. The first kappa shape index (κ1) is 24.8. The van der Waals surface area contributed by atoms with Crippen molar-refractivity contribution in [3.05, 3.63) is 95.1 Å². The summed E-state index contributed by atoms with van der Waals surface area (Å²) in [7, 11) is 1.32. The molecule has 8 heteroatoms. The molecule has 0 spiro atoms. The van der Waals surface area contributed by atoms with E-state index < -0.39 is 11.9 Å². The molecule has 0 fully saturated rings. The molecule has 36 heavy (non-hydrogen) atoms. The van der Waals surface area contributed by atoms with Crippen LogP contribution in [0.4, 0.5) is 11.4 Å². The molecule has 2 amide bonds. The molecule has 3 aromatic rings. The molecule has 1 unspecified atom stereocenters. The number of amides is 2. The van der Waals surface area contributed by atoms with Gasteiger partial charge in [-0.25, -0.2) is 4.79 Å². The minimum atomic E-state index is -0.621. The summed E-state index contributed by atoms with van der Waals surface area (Å²) < 4.78 is 4.80. The molecule has 8 nitrogen and oxygen atoms in total. The minimum absolute atomic E-state index is 0.0456. The molecule has 0 saturated carbocycles. The van der Waals surface area contributed by atoms with Crippen molar-refractivity contribution in [2.75, 3.05) is 25.5 Å². The molecule has 184 valence electrons. The van der Waals surface area contributed by atoms with E-state index in [1.165, 1.54) is 14.0 Å². The maximum atomic E-state index is 13.1. The molecule has 1 atom stereocenters. The predicted octanol–water partition coefficient (Wildman–Crippen LogP) is 3.56. The van der Waals surface area contributed by atoms with Gasteiger partial charge in [-0.2, -0.15) is 0 Å². The average Bonchev–Trinajstić information content (AvgIpc) is 3.22. The zero-order valence-electron chi connectivity index (χ0n) is 20.2. The van der Waals surface area contributed by atoms with Gasteiger partial charge in [0.25, 0.3) is 0 Å². The van der Waals surface area contributed by atoms with Crippen LogP contribution in [0, 0.1) is 0 Å². The number of hydrogen-bond acceptors (Lipinski definition) is 6. The Labute approximate surface area is 209 Å². The number of nitrogens with zero attached hydrogens (tertiary/aromatic N) is 1. The van der Waals surface area contributed by atoms with Crippen LogP contribution in [0.5, 0.6) is 0 Å². The highest BCUT2D eigenvalue weighted by Gasteiger charge is 2.35. The third-order valence-electron chi connectivity index (χ3n) is 5.84. The molecule has 3 aromatic carbocycles. The highest BCUT2D eigenvalue weighted by Crippen LogP contribution is 2.37. The molecule has 0 aliphatic carbocycles. The van der Waals surface area contributed by atoms with E-state index in [2.05, 4.69) is 16.0 Å². The van der Waals surface area contributed by atoms with E-state index in [1.54, 1.807) is 18.2 Å². The largest absolute Gasteiger partial charge is 0.465 e. The van der Waals surface area contributed by atoms with Crippen molar-refractivity contribution in [1.82, 2.24) is 10.6 Å². The Balaban J connectivity index is 1.59. The Kier molecular flexibility index (Phi) is 7.87. The number of nitrogens with one attached hydrogen (secondary N) is 3. The van der Waals surface area contributed by atoms with Gasteiger partial charge < -0.3 is 20.7 Å². The number of aliphatic imine (C=N–C) groups is 1. The van der Waals surface area contributed by atoms with E-state index in [9.17, 15) is 14.4 Å². The molecule has 1 aliphatic rings. The maximum Gasteiger partial charge on any atom is 0.337 e. The maximum absolute atomic E-state index is 13.1. The van der Waals surface area contributed by atoms with Gasteiger partial charge in [-0.1, -0.05) is 48.5 Å². The summed E-state index contributed by atoms with van der Waals surface area (Å²) in [6.07, 6.45) is 0. The number of benzene rings is 3. The van der Waals surface area contributed by atoms with Crippen molar-refractivity contribution in [2.24, 2.45) is 4.99 Å². The first-order valence-electron chi connectivity index (χ1n) is 11.7. The fraction of sp³-hybridized carbons (Fsp3) is 0.214. The normalized spacial score (nSPS) is 14.7. The van der Waals surface area contributed by atoms with Crippen molar-refractivity contribution in [2.45, 2.75) is 19.4 Å². The van der Waals surface area contributed by atoms with Gasteiger partial charge >= 0.3 is 5.97 Å². The van der Waals surface area contributed by atoms with E-state index in [0.29, 0.717) is 36.6 Å². The van der Waals surface area contributed by atoms with Crippen molar-refractivity contribution < 1.29 is 19.1 Å². The van der Waals surface area contributed by atoms with Crippen LogP contribution in [0.3, 0.4) is 0 Å². The second-order valence-corrected chi connectivity index (χ2v) is 8.41. The van der Waals surface area contributed by atoms with Crippen LogP contribution in [-0.4, -0.2) is 43.7 Å². The summed E-state index contributed by atoms with van der Waals surface area (Å²) in [5, 5.41) is 8.93. The fourth-order valence-corrected chi connectivity index (χ4v) is 4.07. The van der Waals surface area contributed by atoms with E-state index in [1.807, 2.05) is 54.6 Å².